The van der Waals surface area contributed by atoms with Crippen molar-refractivity contribution in [1.29, 1.82) is 0 Å². The van der Waals surface area contributed by atoms with Gasteiger partial charge in [0.2, 0.25) is 0 Å². The van der Waals surface area contributed by atoms with Crippen molar-refractivity contribution < 1.29 is 4.79 Å². The van der Waals surface area contributed by atoms with Gasteiger partial charge in [-0.05, 0) is 30.2 Å². The van der Waals surface area contributed by atoms with Gasteiger partial charge >= 0.3 is 0 Å². The first-order valence-corrected chi connectivity index (χ1v) is 7.63. The van der Waals surface area contributed by atoms with Crippen molar-refractivity contribution >= 4 is 33.1 Å². The largest absolute Gasteiger partial charge is 0.397 e. The van der Waals surface area contributed by atoms with Crippen molar-refractivity contribution in [3.05, 3.63) is 17.1 Å². The van der Waals surface area contributed by atoms with Crippen LogP contribution in [0.15, 0.2) is 12.3 Å². The van der Waals surface area contributed by atoms with E-state index in [-0.39, 0.29) is 5.91 Å². The number of hydrogen-bond donors (Lipinski definition) is 2. The van der Waals surface area contributed by atoms with E-state index in [1.54, 1.807) is 12.3 Å². The minimum Gasteiger partial charge on any atom is -0.397 e. The smallest absolute Gasteiger partial charge is 0.263 e. The van der Waals surface area contributed by atoms with Crippen LogP contribution >= 0.6 is 11.3 Å². The first-order valence-electron chi connectivity index (χ1n) is 6.81. The van der Waals surface area contributed by atoms with Crippen LogP contribution in [0.5, 0.6) is 0 Å². The molecule has 6 heteroatoms. The second-order valence-corrected chi connectivity index (χ2v) is 6.79. The van der Waals surface area contributed by atoms with Crippen LogP contribution in [0.4, 0.5) is 5.69 Å². The third kappa shape index (κ3) is 2.14. The lowest BCUT2D eigenvalue weighted by atomic mass is 9.92. The lowest BCUT2D eigenvalue weighted by molar-refractivity contribution is 0.0944. The zero-order valence-corrected chi connectivity index (χ0v) is 12.5. The highest BCUT2D eigenvalue weighted by Crippen LogP contribution is 2.51. The Morgan fingerprint density at radius 2 is 2.30 bits per heavy atom. The average molecular weight is 290 g/mol. The van der Waals surface area contributed by atoms with Crippen LogP contribution in [0.3, 0.4) is 0 Å². The summed E-state index contributed by atoms with van der Waals surface area (Å²) in [6.45, 7) is 5.15. The molecule has 1 amide bonds. The molecule has 0 aromatic carbocycles. The summed E-state index contributed by atoms with van der Waals surface area (Å²) in [6, 6.07) is 1.79. The Morgan fingerprint density at radius 1 is 1.55 bits per heavy atom. The van der Waals surface area contributed by atoms with Gasteiger partial charge < -0.3 is 11.1 Å². The maximum atomic E-state index is 12.3. The molecule has 0 aliphatic heterocycles. The van der Waals surface area contributed by atoms with E-state index in [4.69, 9.17) is 5.73 Å². The number of anilines is 1. The fourth-order valence-corrected chi connectivity index (χ4v) is 3.45. The highest BCUT2D eigenvalue weighted by atomic mass is 32.1. The molecule has 0 atom stereocenters. The zero-order valence-electron chi connectivity index (χ0n) is 11.6. The Bertz CT molecular complexity index is 660. The molecule has 0 spiro atoms. The maximum Gasteiger partial charge on any atom is 0.263 e. The van der Waals surface area contributed by atoms with Crippen LogP contribution < -0.4 is 11.1 Å². The number of nitrogen functional groups attached to an aromatic ring is 1. The lowest BCUT2D eigenvalue weighted by Gasteiger charge is -2.19. The van der Waals surface area contributed by atoms with Crippen molar-refractivity contribution in [2.45, 2.75) is 26.7 Å². The Labute approximate surface area is 121 Å². The molecule has 2 aromatic rings. The molecule has 3 rings (SSSR count). The molecule has 2 heterocycles. The van der Waals surface area contributed by atoms with E-state index in [2.05, 4.69) is 29.4 Å². The fourth-order valence-electron chi connectivity index (χ4n) is 2.50. The number of amides is 1. The fraction of sp³-hybridized carbons (Fsp3) is 0.500. The third-order valence-electron chi connectivity index (χ3n) is 4.34. The minimum atomic E-state index is -0.0996. The van der Waals surface area contributed by atoms with Gasteiger partial charge in [0, 0.05) is 11.9 Å². The summed E-state index contributed by atoms with van der Waals surface area (Å²) in [4.78, 5) is 13.6. The standard InChI is InChI=1S/C14H18N4OS/c1-8(2)14(4-5-14)7-16-12(19)11-10(15)9-3-6-17-18-13(9)20-11/h3,6,8H,4-5,7,15H2,1-2H3,(H,16,19). The molecule has 1 aliphatic carbocycles. The van der Waals surface area contributed by atoms with Gasteiger partial charge in [0.15, 0.2) is 0 Å². The molecule has 106 valence electrons. The SMILES string of the molecule is CC(C)C1(CNC(=O)c2sc3nnccc3c2N)CC1. The molecule has 0 bridgehead atoms. The first kappa shape index (κ1) is 13.3. The van der Waals surface area contributed by atoms with E-state index in [1.807, 2.05) is 0 Å². The van der Waals surface area contributed by atoms with Gasteiger partial charge in [0.1, 0.15) is 9.71 Å². The van der Waals surface area contributed by atoms with Crippen molar-refractivity contribution in [1.82, 2.24) is 15.5 Å². The number of nitrogens with two attached hydrogens (primary N) is 1. The molecule has 5 nitrogen and oxygen atoms in total. The van der Waals surface area contributed by atoms with Crippen molar-refractivity contribution in [3.8, 4) is 0 Å². The quantitative estimate of drug-likeness (QED) is 0.906. The molecule has 1 fully saturated rings. The number of carbonyl (C=O) groups is 1. The van der Waals surface area contributed by atoms with Crippen LogP contribution in [0.25, 0.3) is 10.2 Å². The second kappa shape index (κ2) is 4.70. The minimum absolute atomic E-state index is 0.0996. The summed E-state index contributed by atoms with van der Waals surface area (Å²) >= 11 is 1.30. The van der Waals surface area contributed by atoms with Crippen LogP contribution in [0, 0.1) is 11.3 Å². The molecule has 2 aromatic heterocycles. The van der Waals surface area contributed by atoms with E-state index < -0.39 is 0 Å². The normalized spacial score (nSPS) is 16.6. The summed E-state index contributed by atoms with van der Waals surface area (Å²) in [5.74, 6) is 0.492. The predicted octanol–water partition coefficient (Wildman–Crippen LogP) is 2.44. The Balaban J connectivity index is 1.78. The third-order valence-corrected chi connectivity index (χ3v) is 5.45. The average Bonchev–Trinajstić information content (AvgIpc) is 3.16. The van der Waals surface area contributed by atoms with Crippen LogP contribution in [-0.4, -0.2) is 22.6 Å². The Hall–Kier alpha value is -1.69. The van der Waals surface area contributed by atoms with Gasteiger partial charge in [0.05, 0.1) is 11.9 Å². The number of nitrogens with one attached hydrogen (secondary N) is 1. The molecule has 20 heavy (non-hydrogen) atoms. The number of aromatic nitrogens is 2. The Kier molecular flexibility index (Phi) is 3.12. The lowest BCUT2D eigenvalue weighted by Crippen LogP contribution is -2.32. The summed E-state index contributed by atoms with van der Waals surface area (Å²) in [5, 5.41) is 11.7. The molecule has 0 saturated heterocycles. The van der Waals surface area contributed by atoms with Crippen molar-refractivity contribution in [2.24, 2.45) is 11.3 Å². The van der Waals surface area contributed by atoms with Gasteiger partial charge in [-0.3, -0.25) is 4.79 Å². The summed E-state index contributed by atoms with van der Waals surface area (Å²) in [7, 11) is 0. The number of hydrogen-bond acceptors (Lipinski definition) is 5. The van der Waals surface area contributed by atoms with Gasteiger partial charge in [-0.2, -0.15) is 5.10 Å². The number of thiophene rings is 1. The summed E-state index contributed by atoms with van der Waals surface area (Å²) < 4.78 is 0. The van der Waals surface area contributed by atoms with E-state index in [0.29, 0.717) is 26.7 Å². The van der Waals surface area contributed by atoms with Crippen LogP contribution in [0.2, 0.25) is 0 Å². The molecule has 3 N–H and O–H groups in total. The van der Waals surface area contributed by atoms with Gasteiger partial charge in [-0.25, -0.2) is 0 Å². The predicted molar refractivity (Wildman–Crippen MR) is 80.7 cm³/mol. The highest BCUT2D eigenvalue weighted by molar-refractivity contribution is 7.21. The topological polar surface area (TPSA) is 80.9 Å². The van der Waals surface area contributed by atoms with E-state index in [9.17, 15) is 4.79 Å². The van der Waals surface area contributed by atoms with Crippen molar-refractivity contribution in [2.75, 3.05) is 12.3 Å². The number of rotatable bonds is 4. The maximum absolute atomic E-state index is 12.3. The first-order chi connectivity index (χ1) is 9.53. The molecular weight excluding hydrogens is 272 g/mol. The van der Waals surface area contributed by atoms with Crippen molar-refractivity contribution in [3.63, 3.8) is 0 Å². The van der Waals surface area contributed by atoms with Gasteiger partial charge in [-0.15, -0.1) is 16.4 Å². The van der Waals surface area contributed by atoms with Crippen LogP contribution in [0.1, 0.15) is 36.4 Å². The Morgan fingerprint density at radius 3 is 2.90 bits per heavy atom. The molecule has 1 saturated carbocycles. The van der Waals surface area contributed by atoms with Gasteiger partial charge in [-0.1, -0.05) is 13.8 Å². The summed E-state index contributed by atoms with van der Waals surface area (Å²) in [6.07, 6.45) is 3.97. The van der Waals surface area contributed by atoms with E-state index in [0.717, 1.165) is 11.9 Å². The summed E-state index contributed by atoms with van der Waals surface area (Å²) in [5.41, 5.74) is 6.84. The van der Waals surface area contributed by atoms with E-state index >= 15 is 0 Å². The number of carbonyl (C=O) groups excluding carboxylic acids is 1. The monoisotopic (exact) mass is 290 g/mol. The number of fused-ring (bicyclic) bond motifs is 1. The highest BCUT2D eigenvalue weighted by Gasteiger charge is 2.45. The molecule has 0 radical (unpaired) electrons. The second-order valence-electron chi connectivity index (χ2n) is 5.79. The van der Waals surface area contributed by atoms with Gasteiger partial charge in [0.25, 0.3) is 5.91 Å². The zero-order chi connectivity index (χ0) is 14.3. The molecular formula is C14H18N4OS. The number of nitrogens with zero attached hydrogens (tertiary/aromatic N) is 2. The van der Waals surface area contributed by atoms with E-state index in [1.165, 1.54) is 24.2 Å². The molecule has 1 aliphatic rings. The van der Waals surface area contributed by atoms with Crippen LogP contribution in [-0.2, 0) is 0 Å². The molecule has 0 unspecified atom stereocenters.